The average Bonchev–Trinajstić information content (AvgIpc) is 2.44. The number of hydrogen-bond donors (Lipinski definition) is 0. The van der Waals surface area contributed by atoms with Gasteiger partial charge in [-0.2, -0.15) is 4.98 Å². The fraction of sp³-hybridized carbons (Fsp3) is 0.286. The number of benzene rings is 1. The quantitative estimate of drug-likeness (QED) is 0.790. The van der Waals surface area contributed by atoms with Crippen LogP contribution in [0.5, 0.6) is 5.75 Å². The van der Waals surface area contributed by atoms with Crippen molar-refractivity contribution in [3.63, 3.8) is 0 Å². The summed E-state index contributed by atoms with van der Waals surface area (Å²) in [5.41, 5.74) is 1.28. The Hall–Kier alpha value is -1.81. The van der Waals surface area contributed by atoms with Crippen molar-refractivity contribution in [2.75, 3.05) is 18.6 Å². The van der Waals surface area contributed by atoms with Crippen LogP contribution in [0.1, 0.15) is 5.56 Å². The first-order valence-electron chi connectivity index (χ1n) is 6.16. The molecule has 0 saturated heterocycles. The van der Waals surface area contributed by atoms with Gasteiger partial charge in [0.1, 0.15) is 6.61 Å². The number of likely N-dealkylation sites (N-methyl/N-ethyl adjacent to an activating group) is 1. The van der Waals surface area contributed by atoms with E-state index in [4.69, 9.17) is 16.3 Å². The van der Waals surface area contributed by atoms with Crippen LogP contribution < -0.4 is 9.64 Å². The summed E-state index contributed by atoms with van der Waals surface area (Å²) in [4.78, 5) is 10.3. The Balaban J connectivity index is 1.83. The molecule has 0 aliphatic carbocycles. The molecule has 1 aliphatic heterocycles. The van der Waals surface area contributed by atoms with E-state index in [2.05, 4.69) is 27.0 Å². The van der Waals surface area contributed by atoms with Gasteiger partial charge in [0.05, 0.1) is 12.2 Å². The van der Waals surface area contributed by atoms with E-state index in [9.17, 15) is 0 Å². The summed E-state index contributed by atoms with van der Waals surface area (Å²) in [5, 5.41) is 0.245. The highest BCUT2D eigenvalue weighted by molar-refractivity contribution is 6.28. The van der Waals surface area contributed by atoms with Crippen LogP contribution in [0, 0.1) is 0 Å². The number of hydrogen-bond acceptors (Lipinski definition) is 4. The van der Waals surface area contributed by atoms with E-state index in [1.807, 2.05) is 25.2 Å². The van der Waals surface area contributed by atoms with Gasteiger partial charge < -0.3 is 9.64 Å². The molecule has 19 heavy (non-hydrogen) atoms. The molecule has 3 rings (SSSR count). The van der Waals surface area contributed by atoms with Gasteiger partial charge >= 0.3 is 0 Å². The maximum Gasteiger partial charge on any atom is 0.224 e. The zero-order valence-corrected chi connectivity index (χ0v) is 11.3. The number of ether oxygens (including phenoxy) is 1. The molecule has 0 spiro atoms. The molecular formula is C14H14ClN3O. The third-order valence-electron chi connectivity index (χ3n) is 3.33. The maximum absolute atomic E-state index is 5.85. The second-order valence-corrected chi connectivity index (χ2v) is 4.93. The molecule has 1 aromatic carbocycles. The molecule has 2 heterocycles. The number of anilines is 1. The second kappa shape index (κ2) is 5.05. The van der Waals surface area contributed by atoms with Gasteiger partial charge in [-0.1, -0.05) is 30.3 Å². The van der Waals surface area contributed by atoms with E-state index in [0.29, 0.717) is 12.4 Å². The number of fused-ring (bicyclic) bond motifs is 1. The van der Waals surface area contributed by atoms with Gasteiger partial charge in [-0.05, 0) is 23.6 Å². The molecule has 0 radical (unpaired) electrons. The van der Waals surface area contributed by atoms with Crippen LogP contribution in [0.3, 0.4) is 0 Å². The lowest BCUT2D eigenvalue weighted by Gasteiger charge is -2.34. The molecule has 1 aliphatic rings. The van der Waals surface area contributed by atoms with Crippen molar-refractivity contribution < 1.29 is 4.74 Å². The fourth-order valence-electron chi connectivity index (χ4n) is 2.25. The van der Waals surface area contributed by atoms with Gasteiger partial charge in [0.2, 0.25) is 5.28 Å². The summed E-state index contributed by atoms with van der Waals surface area (Å²) in [6.07, 6.45) is 2.54. The Kier molecular flexibility index (Phi) is 3.25. The van der Waals surface area contributed by atoms with Crippen molar-refractivity contribution in [3.05, 3.63) is 47.4 Å². The van der Waals surface area contributed by atoms with Crippen molar-refractivity contribution in [3.8, 4) is 5.75 Å². The Labute approximate surface area is 117 Å². The van der Waals surface area contributed by atoms with E-state index in [1.54, 1.807) is 6.20 Å². The largest absolute Gasteiger partial charge is 0.486 e. The topological polar surface area (TPSA) is 38.2 Å². The molecule has 5 heteroatoms. The Morgan fingerprint density at radius 3 is 2.95 bits per heavy atom. The minimum absolute atomic E-state index is 0.245. The van der Waals surface area contributed by atoms with Gasteiger partial charge in [-0.3, -0.25) is 0 Å². The monoisotopic (exact) mass is 275 g/mol. The molecule has 0 fully saturated rings. The summed E-state index contributed by atoms with van der Waals surface area (Å²) in [5.74, 6) is 1.45. The van der Waals surface area contributed by atoms with Crippen LogP contribution in [0.4, 0.5) is 5.82 Å². The van der Waals surface area contributed by atoms with E-state index in [-0.39, 0.29) is 11.3 Å². The zero-order chi connectivity index (χ0) is 13.2. The van der Waals surface area contributed by atoms with Crippen LogP contribution in [0.2, 0.25) is 5.28 Å². The lowest BCUT2D eigenvalue weighted by Crippen LogP contribution is -2.42. The standard InChI is InChI=1S/C14H14ClN3O/c1-18-11(7-10-5-3-2-4-6-10)9-19-12-8-16-14(15)17-13(12)18/h2-6,8,11H,7,9H2,1H3. The number of nitrogens with zero attached hydrogens (tertiary/aromatic N) is 3. The van der Waals surface area contributed by atoms with Gasteiger partial charge in [-0.25, -0.2) is 4.98 Å². The molecule has 2 aromatic rings. The first-order valence-corrected chi connectivity index (χ1v) is 6.54. The smallest absolute Gasteiger partial charge is 0.224 e. The fourth-order valence-corrected chi connectivity index (χ4v) is 2.38. The van der Waals surface area contributed by atoms with Crippen LogP contribution in [-0.4, -0.2) is 29.7 Å². The zero-order valence-electron chi connectivity index (χ0n) is 10.6. The Morgan fingerprint density at radius 1 is 1.37 bits per heavy atom. The molecule has 1 aromatic heterocycles. The summed E-state index contributed by atoms with van der Waals surface area (Å²) in [6, 6.07) is 10.6. The van der Waals surface area contributed by atoms with Crippen molar-refractivity contribution in [1.82, 2.24) is 9.97 Å². The molecular weight excluding hydrogens is 262 g/mol. The molecule has 1 unspecified atom stereocenters. The lowest BCUT2D eigenvalue weighted by atomic mass is 10.0. The Bertz CT molecular complexity index is 576. The van der Waals surface area contributed by atoms with Crippen LogP contribution in [0.25, 0.3) is 0 Å². The summed E-state index contributed by atoms with van der Waals surface area (Å²) in [7, 11) is 2.01. The average molecular weight is 276 g/mol. The minimum atomic E-state index is 0.245. The first-order chi connectivity index (χ1) is 9.24. The van der Waals surface area contributed by atoms with Crippen molar-refractivity contribution in [2.45, 2.75) is 12.5 Å². The number of rotatable bonds is 2. The van der Waals surface area contributed by atoms with Crippen LogP contribution in [0.15, 0.2) is 36.5 Å². The van der Waals surface area contributed by atoms with Gasteiger partial charge in [0.25, 0.3) is 0 Å². The first kappa shape index (κ1) is 12.2. The maximum atomic E-state index is 5.85. The Morgan fingerprint density at radius 2 is 2.16 bits per heavy atom. The SMILES string of the molecule is CN1c2nc(Cl)ncc2OCC1Cc1ccccc1. The highest BCUT2D eigenvalue weighted by Crippen LogP contribution is 2.31. The predicted octanol–water partition coefficient (Wildman–Crippen LogP) is 2.57. The highest BCUT2D eigenvalue weighted by Gasteiger charge is 2.26. The molecule has 0 saturated carbocycles. The molecule has 98 valence electrons. The lowest BCUT2D eigenvalue weighted by molar-refractivity contribution is 0.262. The summed E-state index contributed by atoms with van der Waals surface area (Å²) >= 11 is 5.85. The third kappa shape index (κ3) is 2.49. The van der Waals surface area contributed by atoms with Crippen molar-refractivity contribution in [1.29, 1.82) is 0 Å². The summed E-state index contributed by atoms with van der Waals surface area (Å²) in [6.45, 7) is 0.628. The third-order valence-corrected chi connectivity index (χ3v) is 3.52. The van der Waals surface area contributed by atoms with Crippen LogP contribution >= 0.6 is 11.6 Å². The van der Waals surface area contributed by atoms with Crippen LogP contribution in [-0.2, 0) is 6.42 Å². The predicted molar refractivity (Wildman–Crippen MR) is 74.9 cm³/mol. The van der Waals surface area contributed by atoms with E-state index in [1.165, 1.54) is 5.56 Å². The van der Waals surface area contributed by atoms with Crippen molar-refractivity contribution >= 4 is 17.4 Å². The molecule has 0 N–H and O–H groups in total. The minimum Gasteiger partial charge on any atom is -0.486 e. The molecule has 1 atom stereocenters. The van der Waals surface area contributed by atoms with Gasteiger partial charge in [0.15, 0.2) is 11.6 Å². The molecule has 0 bridgehead atoms. The van der Waals surface area contributed by atoms with E-state index in [0.717, 1.165) is 12.2 Å². The van der Waals surface area contributed by atoms with E-state index >= 15 is 0 Å². The normalized spacial score (nSPS) is 17.8. The number of halogens is 1. The highest BCUT2D eigenvalue weighted by atomic mass is 35.5. The summed E-state index contributed by atoms with van der Waals surface area (Å²) < 4.78 is 5.71. The molecule has 0 amide bonds. The van der Waals surface area contributed by atoms with Gasteiger partial charge in [-0.15, -0.1) is 0 Å². The molecule has 4 nitrogen and oxygen atoms in total. The van der Waals surface area contributed by atoms with E-state index < -0.39 is 0 Å². The number of aromatic nitrogens is 2. The van der Waals surface area contributed by atoms with Crippen molar-refractivity contribution in [2.24, 2.45) is 0 Å². The second-order valence-electron chi connectivity index (χ2n) is 4.59. The van der Waals surface area contributed by atoms with Gasteiger partial charge in [0, 0.05) is 7.05 Å².